The molecule has 0 amide bonds. The maximum atomic E-state index is 10.3. The Labute approximate surface area is 171 Å². The molecule has 1 unspecified atom stereocenters. The number of aromatic nitrogens is 1. The first kappa shape index (κ1) is 19.2. The molecule has 4 nitrogen and oxygen atoms in total. The Morgan fingerprint density at radius 1 is 1.21 bits per heavy atom. The first-order valence-corrected chi connectivity index (χ1v) is 10.3. The lowest BCUT2D eigenvalue weighted by Crippen LogP contribution is -2.29. The Morgan fingerprint density at radius 3 is 2.93 bits per heavy atom. The SMILES string of the molecule is CN1CCCC1CCNCc1cc(-c2ccnc3cc(Cl)ccc23)ccc1O. The van der Waals surface area contributed by atoms with Gasteiger partial charge in [-0.15, -0.1) is 0 Å². The van der Waals surface area contributed by atoms with E-state index in [-0.39, 0.29) is 0 Å². The van der Waals surface area contributed by atoms with E-state index in [1.807, 2.05) is 30.3 Å². The average molecular weight is 396 g/mol. The largest absolute Gasteiger partial charge is 0.508 e. The standard InChI is InChI=1S/C23H26ClN3O/c1-27-12-2-3-19(27)8-10-25-15-17-13-16(4-7-23(17)28)20-9-11-26-22-14-18(24)5-6-21(20)22/h4-7,9,11,13-14,19,25,28H,2-3,8,10,12,15H2,1H3. The minimum atomic E-state index is 0.329. The molecule has 146 valence electrons. The van der Waals surface area contributed by atoms with Gasteiger partial charge in [0.2, 0.25) is 0 Å². The summed E-state index contributed by atoms with van der Waals surface area (Å²) in [5.41, 5.74) is 3.95. The van der Waals surface area contributed by atoms with Crippen molar-refractivity contribution in [2.75, 3.05) is 20.1 Å². The summed E-state index contributed by atoms with van der Waals surface area (Å²) < 4.78 is 0. The number of pyridine rings is 1. The summed E-state index contributed by atoms with van der Waals surface area (Å²) in [6.45, 7) is 2.82. The fourth-order valence-electron chi connectivity index (χ4n) is 4.10. The highest BCUT2D eigenvalue weighted by Crippen LogP contribution is 2.31. The van der Waals surface area contributed by atoms with Gasteiger partial charge in [0, 0.05) is 34.8 Å². The topological polar surface area (TPSA) is 48.4 Å². The summed E-state index contributed by atoms with van der Waals surface area (Å²) in [6, 6.07) is 14.3. The number of aromatic hydroxyl groups is 1. The molecule has 1 atom stereocenters. The van der Waals surface area contributed by atoms with Gasteiger partial charge < -0.3 is 15.3 Å². The number of halogens is 1. The molecule has 0 radical (unpaired) electrons. The van der Waals surface area contributed by atoms with E-state index in [1.54, 1.807) is 12.3 Å². The molecule has 0 saturated carbocycles. The van der Waals surface area contributed by atoms with Crippen molar-refractivity contribution in [3.05, 3.63) is 59.2 Å². The van der Waals surface area contributed by atoms with Crippen LogP contribution >= 0.6 is 11.6 Å². The number of hydrogen-bond donors (Lipinski definition) is 2. The monoisotopic (exact) mass is 395 g/mol. The maximum Gasteiger partial charge on any atom is 0.120 e. The van der Waals surface area contributed by atoms with Crippen LogP contribution in [0.25, 0.3) is 22.0 Å². The predicted octanol–water partition coefficient (Wildman–Crippen LogP) is 4.83. The van der Waals surface area contributed by atoms with Gasteiger partial charge in [-0.05, 0) is 80.9 Å². The molecule has 28 heavy (non-hydrogen) atoms. The van der Waals surface area contributed by atoms with E-state index >= 15 is 0 Å². The summed E-state index contributed by atoms with van der Waals surface area (Å²) in [6.07, 6.45) is 5.54. The lowest BCUT2D eigenvalue weighted by molar-refractivity contribution is 0.293. The van der Waals surface area contributed by atoms with Crippen LogP contribution in [-0.2, 0) is 6.54 Å². The number of phenolic OH excluding ortho intramolecular Hbond substituents is 1. The Morgan fingerprint density at radius 2 is 2.11 bits per heavy atom. The number of hydrogen-bond acceptors (Lipinski definition) is 4. The number of likely N-dealkylation sites (tertiary alicyclic amines) is 1. The first-order chi connectivity index (χ1) is 13.6. The highest BCUT2D eigenvalue weighted by Gasteiger charge is 2.19. The third kappa shape index (κ3) is 4.14. The third-order valence-corrected chi connectivity index (χ3v) is 5.97. The Bertz CT molecular complexity index is 975. The van der Waals surface area contributed by atoms with E-state index in [1.165, 1.54) is 19.4 Å². The van der Waals surface area contributed by atoms with Crippen LogP contribution in [0.1, 0.15) is 24.8 Å². The molecular weight excluding hydrogens is 370 g/mol. The zero-order chi connectivity index (χ0) is 19.5. The molecule has 2 N–H and O–H groups in total. The van der Waals surface area contributed by atoms with Crippen molar-refractivity contribution in [3.63, 3.8) is 0 Å². The van der Waals surface area contributed by atoms with E-state index < -0.39 is 0 Å². The van der Waals surface area contributed by atoms with Crippen LogP contribution < -0.4 is 5.32 Å². The predicted molar refractivity (Wildman–Crippen MR) is 116 cm³/mol. The number of fused-ring (bicyclic) bond motifs is 1. The molecule has 0 spiro atoms. The number of benzene rings is 2. The van der Waals surface area contributed by atoms with Crippen LogP contribution in [0.4, 0.5) is 0 Å². The molecule has 2 heterocycles. The summed E-state index contributed by atoms with van der Waals surface area (Å²) >= 11 is 6.11. The van der Waals surface area contributed by atoms with Crippen molar-refractivity contribution in [2.24, 2.45) is 0 Å². The zero-order valence-electron chi connectivity index (χ0n) is 16.2. The van der Waals surface area contributed by atoms with Gasteiger partial charge >= 0.3 is 0 Å². The Kier molecular flexibility index (Phi) is 5.81. The molecule has 4 rings (SSSR count). The van der Waals surface area contributed by atoms with E-state index in [4.69, 9.17) is 11.6 Å². The fourth-order valence-corrected chi connectivity index (χ4v) is 4.27. The minimum absolute atomic E-state index is 0.329. The minimum Gasteiger partial charge on any atom is -0.508 e. The van der Waals surface area contributed by atoms with Gasteiger partial charge in [0.1, 0.15) is 5.75 Å². The zero-order valence-corrected chi connectivity index (χ0v) is 16.9. The van der Waals surface area contributed by atoms with Gasteiger partial charge in [-0.3, -0.25) is 4.98 Å². The lowest BCUT2D eigenvalue weighted by Gasteiger charge is -2.19. The van der Waals surface area contributed by atoms with Crippen molar-refractivity contribution in [1.29, 1.82) is 0 Å². The van der Waals surface area contributed by atoms with Crippen LogP contribution in [0.5, 0.6) is 5.75 Å². The molecule has 1 saturated heterocycles. The van der Waals surface area contributed by atoms with E-state index in [2.05, 4.69) is 28.3 Å². The molecule has 1 fully saturated rings. The quantitative estimate of drug-likeness (QED) is 0.586. The number of phenols is 1. The van der Waals surface area contributed by atoms with Crippen LogP contribution in [0.3, 0.4) is 0 Å². The van der Waals surface area contributed by atoms with Crippen LogP contribution in [0.2, 0.25) is 5.02 Å². The third-order valence-electron chi connectivity index (χ3n) is 5.74. The number of rotatable bonds is 6. The van der Waals surface area contributed by atoms with Crippen molar-refractivity contribution < 1.29 is 5.11 Å². The number of nitrogens with zero attached hydrogens (tertiary/aromatic N) is 2. The van der Waals surface area contributed by atoms with Crippen molar-refractivity contribution in [3.8, 4) is 16.9 Å². The molecule has 1 aliphatic rings. The van der Waals surface area contributed by atoms with E-state index in [0.717, 1.165) is 40.6 Å². The van der Waals surface area contributed by atoms with Crippen LogP contribution in [0.15, 0.2) is 48.7 Å². The van der Waals surface area contributed by atoms with Gasteiger partial charge in [-0.1, -0.05) is 23.7 Å². The second-order valence-electron chi connectivity index (χ2n) is 7.61. The summed E-state index contributed by atoms with van der Waals surface area (Å²) in [5, 5.41) is 15.5. The van der Waals surface area contributed by atoms with Crippen LogP contribution in [0, 0.1) is 0 Å². The van der Waals surface area contributed by atoms with Gasteiger partial charge in [0.05, 0.1) is 5.52 Å². The molecular formula is C23H26ClN3O. The maximum absolute atomic E-state index is 10.3. The summed E-state index contributed by atoms with van der Waals surface area (Å²) in [4.78, 5) is 6.87. The summed E-state index contributed by atoms with van der Waals surface area (Å²) in [5.74, 6) is 0.329. The molecule has 3 aromatic rings. The Hall–Kier alpha value is -2.14. The highest BCUT2D eigenvalue weighted by atomic mass is 35.5. The van der Waals surface area contributed by atoms with Crippen molar-refractivity contribution in [1.82, 2.24) is 15.2 Å². The first-order valence-electron chi connectivity index (χ1n) is 9.89. The van der Waals surface area contributed by atoms with Gasteiger partial charge in [0.15, 0.2) is 0 Å². The molecule has 2 aromatic carbocycles. The van der Waals surface area contributed by atoms with Crippen molar-refractivity contribution >= 4 is 22.5 Å². The van der Waals surface area contributed by atoms with E-state index in [9.17, 15) is 5.11 Å². The molecule has 5 heteroatoms. The molecule has 0 aliphatic carbocycles. The van der Waals surface area contributed by atoms with Crippen LogP contribution in [-0.4, -0.2) is 41.2 Å². The van der Waals surface area contributed by atoms with Gasteiger partial charge in [-0.2, -0.15) is 0 Å². The lowest BCUT2D eigenvalue weighted by atomic mass is 9.99. The Balaban J connectivity index is 1.50. The van der Waals surface area contributed by atoms with Gasteiger partial charge in [0.25, 0.3) is 0 Å². The van der Waals surface area contributed by atoms with Crippen molar-refractivity contribution in [2.45, 2.75) is 31.8 Å². The highest BCUT2D eigenvalue weighted by molar-refractivity contribution is 6.31. The smallest absolute Gasteiger partial charge is 0.120 e. The molecule has 1 aromatic heterocycles. The van der Waals surface area contributed by atoms with E-state index in [0.29, 0.717) is 23.4 Å². The normalized spacial score (nSPS) is 17.4. The average Bonchev–Trinajstić information content (AvgIpc) is 3.10. The second kappa shape index (κ2) is 8.48. The number of nitrogens with one attached hydrogen (secondary N) is 1. The summed E-state index contributed by atoms with van der Waals surface area (Å²) in [7, 11) is 2.21. The van der Waals surface area contributed by atoms with Gasteiger partial charge in [-0.25, -0.2) is 0 Å². The molecule has 1 aliphatic heterocycles. The second-order valence-corrected chi connectivity index (χ2v) is 8.04. The fraction of sp³-hybridized carbons (Fsp3) is 0.348. The molecule has 0 bridgehead atoms.